The number of benzene rings is 1. The fourth-order valence-electron chi connectivity index (χ4n) is 7.12. The van der Waals surface area contributed by atoms with E-state index < -0.39 is 0 Å². The van der Waals surface area contributed by atoms with Crippen molar-refractivity contribution in [3.63, 3.8) is 0 Å². The summed E-state index contributed by atoms with van der Waals surface area (Å²) in [7, 11) is 3.35. The monoisotopic (exact) mass is 352 g/mol. The fourth-order valence-corrected chi connectivity index (χ4v) is 7.12. The lowest BCUT2D eigenvalue weighted by Crippen LogP contribution is -2.72. The highest BCUT2D eigenvalue weighted by Gasteiger charge is 2.75. The summed E-state index contributed by atoms with van der Waals surface area (Å²) < 4.78 is 11.2. The molecule has 1 amide bonds. The van der Waals surface area contributed by atoms with Gasteiger partial charge in [0.1, 0.15) is 5.66 Å². The maximum absolute atomic E-state index is 13.3. The maximum Gasteiger partial charge on any atom is 0.229 e. The first-order valence-electron chi connectivity index (χ1n) is 9.68. The van der Waals surface area contributed by atoms with Crippen molar-refractivity contribution in [3.05, 3.63) is 29.8 Å². The Hall–Kier alpha value is -2.01. The van der Waals surface area contributed by atoms with E-state index in [0.717, 1.165) is 37.4 Å². The molecule has 0 unspecified atom stereocenters. The number of methoxy groups -OCH3 is 2. The number of nitrogens with zero attached hydrogens (tertiary/aromatic N) is 2. The zero-order valence-corrected chi connectivity index (χ0v) is 15.3. The minimum absolute atomic E-state index is 0.0173. The number of hydrogen-bond acceptors (Lipinski definition) is 4. The predicted molar refractivity (Wildman–Crippen MR) is 97.6 cm³/mol. The van der Waals surface area contributed by atoms with Gasteiger partial charge < -0.3 is 9.47 Å². The number of ether oxygens (including phenoxy) is 2. The number of fused-ring (bicyclic) bond motifs is 3. The summed E-state index contributed by atoms with van der Waals surface area (Å²) in [6.45, 7) is 2.02. The van der Waals surface area contributed by atoms with E-state index >= 15 is 0 Å². The molecule has 1 aromatic carbocycles. The minimum Gasteiger partial charge on any atom is -0.493 e. The third-order valence-corrected chi connectivity index (χ3v) is 7.82. The summed E-state index contributed by atoms with van der Waals surface area (Å²) in [4.78, 5) is 18.1. The number of carbonyl (C=O) groups excluding carboxylic acids is 1. The second-order valence-electron chi connectivity index (χ2n) is 8.44. The third kappa shape index (κ3) is 1.37. The Kier molecular flexibility index (Phi) is 2.69. The van der Waals surface area contributed by atoms with Crippen LogP contribution in [0.3, 0.4) is 0 Å². The summed E-state index contributed by atoms with van der Waals surface area (Å²) in [5.41, 5.74) is 2.15. The van der Waals surface area contributed by atoms with Crippen molar-refractivity contribution < 1.29 is 14.3 Å². The van der Waals surface area contributed by atoms with Crippen molar-refractivity contribution in [1.82, 2.24) is 4.90 Å². The average Bonchev–Trinajstić information content (AvgIpc) is 3.12. The molecule has 4 heterocycles. The van der Waals surface area contributed by atoms with Gasteiger partial charge in [0.25, 0.3) is 0 Å². The molecule has 5 aliphatic rings. The van der Waals surface area contributed by atoms with E-state index in [1.165, 1.54) is 12.0 Å². The first kappa shape index (κ1) is 15.1. The molecule has 0 N–H and O–H groups in total. The Labute approximate surface area is 153 Å². The quantitative estimate of drug-likeness (QED) is 0.768. The Morgan fingerprint density at radius 1 is 1.15 bits per heavy atom. The number of rotatable bonds is 2. The zero-order valence-electron chi connectivity index (χ0n) is 15.3. The zero-order chi connectivity index (χ0) is 17.7. The van der Waals surface area contributed by atoms with Crippen LogP contribution in [0.4, 0.5) is 5.69 Å². The van der Waals surface area contributed by atoms with E-state index in [1.807, 2.05) is 6.07 Å². The summed E-state index contributed by atoms with van der Waals surface area (Å²) in [5, 5.41) is 0. The van der Waals surface area contributed by atoms with Crippen LogP contribution in [0.5, 0.6) is 11.5 Å². The molecule has 0 radical (unpaired) electrons. The van der Waals surface area contributed by atoms with Crippen LogP contribution in [0, 0.1) is 11.3 Å². The molecule has 5 nitrogen and oxygen atoms in total. The third-order valence-electron chi connectivity index (χ3n) is 7.82. The first-order chi connectivity index (χ1) is 12.7. The Morgan fingerprint density at radius 3 is 2.77 bits per heavy atom. The van der Waals surface area contributed by atoms with Crippen molar-refractivity contribution in [2.75, 3.05) is 32.2 Å². The summed E-state index contributed by atoms with van der Waals surface area (Å²) in [5.74, 6) is 2.75. The number of piperidine rings is 1. The van der Waals surface area contributed by atoms with Gasteiger partial charge in [0.15, 0.2) is 11.5 Å². The van der Waals surface area contributed by atoms with Crippen LogP contribution in [0.1, 0.15) is 37.2 Å². The molecule has 136 valence electrons. The van der Waals surface area contributed by atoms with Crippen LogP contribution in [0.2, 0.25) is 0 Å². The van der Waals surface area contributed by atoms with Crippen molar-refractivity contribution in [1.29, 1.82) is 0 Å². The molecule has 3 fully saturated rings. The molecule has 2 saturated heterocycles. The highest BCUT2D eigenvalue weighted by atomic mass is 16.5. The molecular formula is C21H24N2O3. The van der Waals surface area contributed by atoms with Crippen LogP contribution >= 0.6 is 0 Å². The first-order valence-corrected chi connectivity index (χ1v) is 9.68. The number of carbonyl (C=O) groups is 1. The van der Waals surface area contributed by atoms with Crippen LogP contribution < -0.4 is 14.4 Å². The van der Waals surface area contributed by atoms with Crippen molar-refractivity contribution in [2.45, 2.75) is 37.3 Å². The summed E-state index contributed by atoms with van der Waals surface area (Å²) in [6.07, 6.45) is 8.79. The number of hydrogen-bond donors (Lipinski definition) is 0. The lowest BCUT2D eigenvalue weighted by atomic mass is 9.63. The van der Waals surface area contributed by atoms with Crippen molar-refractivity contribution in [3.8, 4) is 11.5 Å². The molecule has 26 heavy (non-hydrogen) atoms. The van der Waals surface area contributed by atoms with E-state index in [-0.39, 0.29) is 17.0 Å². The topological polar surface area (TPSA) is 42.0 Å². The second kappa shape index (κ2) is 4.63. The number of amides is 1. The SMILES string of the molecule is COc1cc2c(cc1OC)N1C(=O)C[C@]34C=CCN5CC[C@@H]2[C@@H](CC3)[C@]514. The van der Waals surface area contributed by atoms with E-state index in [2.05, 4.69) is 28.0 Å². The van der Waals surface area contributed by atoms with E-state index in [4.69, 9.17) is 9.47 Å². The standard InChI is InChI=1S/C21H24N2O3/c1-25-17-10-14-13-5-9-22-8-3-6-20-7-4-15(13)21(20,22)23(19(24)12-20)16(14)11-18(17)26-2/h3,6,10-11,13,15H,4-5,7-9,12H2,1-2H3/t13-,15+,20-,21-/m0/s1. The van der Waals surface area contributed by atoms with Crippen LogP contribution in [0.25, 0.3) is 0 Å². The Balaban J connectivity index is 1.67. The van der Waals surface area contributed by atoms with E-state index in [9.17, 15) is 4.79 Å². The van der Waals surface area contributed by atoms with Gasteiger partial charge in [0, 0.05) is 36.9 Å². The fraction of sp³-hybridized carbons (Fsp3) is 0.571. The van der Waals surface area contributed by atoms with Crippen molar-refractivity contribution >= 4 is 11.6 Å². The van der Waals surface area contributed by atoms with Crippen molar-refractivity contribution in [2.24, 2.45) is 11.3 Å². The van der Waals surface area contributed by atoms with E-state index in [1.54, 1.807) is 14.2 Å². The minimum atomic E-state index is -0.158. The second-order valence-corrected chi connectivity index (χ2v) is 8.44. The average molecular weight is 352 g/mol. The maximum atomic E-state index is 13.3. The lowest BCUT2D eigenvalue weighted by Gasteiger charge is -2.63. The van der Waals surface area contributed by atoms with Crippen LogP contribution in [-0.4, -0.2) is 43.8 Å². The molecule has 0 aromatic heterocycles. The molecule has 6 rings (SSSR count). The van der Waals surface area contributed by atoms with Gasteiger partial charge in [-0.2, -0.15) is 0 Å². The van der Waals surface area contributed by atoms with Crippen LogP contribution in [0.15, 0.2) is 24.3 Å². The molecule has 5 heteroatoms. The van der Waals surface area contributed by atoms with Gasteiger partial charge in [-0.1, -0.05) is 12.2 Å². The molecule has 1 aromatic rings. The van der Waals surface area contributed by atoms with Gasteiger partial charge in [-0.25, -0.2) is 0 Å². The highest BCUT2D eigenvalue weighted by Crippen LogP contribution is 2.71. The Bertz CT molecular complexity index is 865. The van der Waals surface area contributed by atoms with Gasteiger partial charge in [-0.05, 0) is 36.8 Å². The largest absolute Gasteiger partial charge is 0.493 e. The summed E-state index contributed by atoms with van der Waals surface area (Å²) in [6, 6.07) is 4.17. The van der Waals surface area contributed by atoms with Crippen LogP contribution in [-0.2, 0) is 4.79 Å². The Morgan fingerprint density at radius 2 is 1.96 bits per heavy atom. The van der Waals surface area contributed by atoms with Gasteiger partial charge in [-0.15, -0.1) is 0 Å². The smallest absolute Gasteiger partial charge is 0.229 e. The lowest BCUT2D eigenvalue weighted by molar-refractivity contribution is -0.119. The molecule has 1 spiro atoms. The predicted octanol–water partition coefficient (Wildman–Crippen LogP) is 2.91. The normalized spacial score (nSPS) is 39.0. The van der Waals surface area contributed by atoms with Gasteiger partial charge in [0.2, 0.25) is 5.91 Å². The highest BCUT2D eigenvalue weighted by molar-refractivity contribution is 6.01. The molecule has 4 aliphatic heterocycles. The summed E-state index contributed by atoms with van der Waals surface area (Å²) >= 11 is 0. The van der Waals surface area contributed by atoms with Gasteiger partial charge in [0.05, 0.1) is 19.9 Å². The van der Waals surface area contributed by atoms with Gasteiger partial charge >= 0.3 is 0 Å². The molecular weight excluding hydrogens is 328 g/mol. The number of anilines is 1. The molecule has 4 atom stereocenters. The molecule has 2 bridgehead atoms. The van der Waals surface area contributed by atoms with Gasteiger partial charge in [-0.3, -0.25) is 14.6 Å². The molecule has 1 aliphatic carbocycles. The van der Waals surface area contributed by atoms with E-state index in [0.29, 0.717) is 24.0 Å². The molecule has 1 saturated carbocycles.